The van der Waals surface area contributed by atoms with E-state index in [9.17, 15) is 0 Å². The molecule has 102 valence electrons. The second-order valence-electron chi connectivity index (χ2n) is 4.97. The SMILES string of the molecule is Cc1cc(Oc2cccnc2C#N)c(C(C)C)cc1N. The predicted octanol–water partition coefficient (Wildman–Crippen LogP) is 3.76. The fraction of sp³-hybridized carbons (Fsp3) is 0.250. The number of rotatable bonds is 3. The van der Waals surface area contributed by atoms with E-state index in [1.807, 2.05) is 25.1 Å². The number of nitrogens with zero attached hydrogens (tertiary/aromatic N) is 2. The van der Waals surface area contributed by atoms with Crippen LogP contribution in [0.3, 0.4) is 0 Å². The molecule has 1 aromatic carbocycles. The first kappa shape index (κ1) is 13.9. The van der Waals surface area contributed by atoms with Crippen molar-refractivity contribution in [3.8, 4) is 17.6 Å². The van der Waals surface area contributed by atoms with Crippen molar-refractivity contribution in [3.63, 3.8) is 0 Å². The molecule has 0 unspecified atom stereocenters. The summed E-state index contributed by atoms with van der Waals surface area (Å²) in [5, 5.41) is 9.06. The molecular weight excluding hydrogens is 250 g/mol. The molecule has 0 spiro atoms. The van der Waals surface area contributed by atoms with Gasteiger partial charge in [-0.25, -0.2) is 4.98 Å². The van der Waals surface area contributed by atoms with Crippen molar-refractivity contribution in [2.45, 2.75) is 26.7 Å². The molecule has 0 aliphatic rings. The maximum atomic E-state index is 9.06. The highest BCUT2D eigenvalue weighted by atomic mass is 16.5. The number of hydrogen-bond acceptors (Lipinski definition) is 4. The van der Waals surface area contributed by atoms with E-state index < -0.39 is 0 Å². The summed E-state index contributed by atoms with van der Waals surface area (Å²) < 4.78 is 5.89. The van der Waals surface area contributed by atoms with Crippen LogP contribution in [0, 0.1) is 18.3 Å². The van der Waals surface area contributed by atoms with Crippen molar-refractivity contribution in [2.75, 3.05) is 5.73 Å². The summed E-state index contributed by atoms with van der Waals surface area (Å²) in [7, 11) is 0. The van der Waals surface area contributed by atoms with Crippen LogP contribution in [-0.4, -0.2) is 4.98 Å². The van der Waals surface area contributed by atoms with Gasteiger partial charge in [0, 0.05) is 11.9 Å². The van der Waals surface area contributed by atoms with E-state index in [0.29, 0.717) is 5.75 Å². The number of hydrogen-bond donors (Lipinski definition) is 1. The zero-order valence-electron chi connectivity index (χ0n) is 11.8. The average molecular weight is 267 g/mol. The Morgan fingerprint density at radius 3 is 2.70 bits per heavy atom. The van der Waals surface area contributed by atoms with Crippen molar-refractivity contribution in [1.82, 2.24) is 4.98 Å². The predicted molar refractivity (Wildman–Crippen MR) is 78.7 cm³/mol. The minimum absolute atomic E-state index is 0.273. The Morgan fingerprint density at radius 2 is 2.05 bits per heavy atom. The third kappa shape index (κ3) is 2.72. The molecule has 0 saturated heterocycles. The monoisotopic (exact) mass is 267 g/mol. The van der Waals surface area contributed by atoms with E-state index in [1.165, 1.54) is 0 Å². The van der Waals surface area contributed by atoms with Gasteiger partial charge in [0.15, 0.2) is 11.4 Å². The first-order valence-corrected chi connectivity index (χ1v) is 6.46. The average Bonchev–Trinajstić information content (AvgIpc) is 2.43. The van der Waals surface area contributed by atoms with E-state index in [2.05, 4.69) is 18.8 Å². The number of nitrogens with two attached hydrogens (primary N) is 1. The maximum Gasteiger partial charge on any atom is 0.183 e. The van der Waals surface area contributed by atoms with E-state index in [0.717, 1.165) is 22.6 Å². The first-order chi connectivity index (χ1) is 9.52. The highest BCUT2D eigenvalue weighted by molar-refractivity contribution is 5.56. The molecule has 1 aromatic heterocycles. The zero-order chi connectivity index (χ0) is 14.7. The maximum absolute atomic E-state index is 9.06. The number of anilines is 1. The Hall–Kier alpha value is -2.54. The van der Waals surface area contributed by atoms with Crippen molar-refractivity contribution < 1.29 is 4.74 Å². The molecule has 0 aliphatic carbocycles. The van der Waals surface area contributed by atoms with E-state index in [-0.39, 0.29) is 11.6 Å². The van der Waals surface area contributed by atoms with Gasteiger partial charge in [-0.1, -0.05) is 13.8 Å². The molecule has 4 nitrogen and oxygen atoms in total. The van der Waals surface area contributed by atoms with Gasteiger partial charge >= 0.3 is 0 Å². The molecule has 0 aliphatic heterocycles. The van der Waals surface area contributed by atoms with Crippen LogP contribution in [0.5, 0.6) is 11.5 Å². The number of pyridine rings is 1. The van der Waals surface area contributed by atoms with E-state index >= 15 is 0 Å². The van der Waals surface area contributed by atoms with Crippen molar-refractivity contribution in [3.05, 3.63) is 47.3 Å². The zero-order valence-corrected chi connectivity index (χ0v) is 11.8. The number of ether oxygens (including phenoxy) is 1. The highest BCUT2D eigenvalue weighted by Gasteiger charge is 2.13. The third-order valence-corrected chi connectivity index (χ3v) is 3.12. The lowest BCUT2D eigenvalue weighted by atomic mass is 9.99. The number of nitrogen functional groups attached to an aromatic ring is 1. The molecule has 20 heavy (non-hydrogen) atoms. The largest absolute Gasteiger partial charge is 0.454 e. The number of nitriles is 1. The smallest absolute Gasteiger partial charge is 0.183 e. The molecule has 2 N–H and O–H groups in total. The lowest BCUT2D eigenvalue weighted by Gasteiger charge is -2.16. The number of aryl methyl sites for hydroxylation is 1. The van der Waals surface area contributed by atoms with Crippen LogP contribution >= 0.6 is 0 Å². The van der Waals surface area contributed by atoms with E-state index in [1.54, 1.807) is 18.3 Å². The standard InChI is InChI=1S/C16H17N3O/c1-10(2)12-8-13(18)11(3)7-16(12)20-15-5-4-6-19-14(15)9-17/h4-8,10H,18H2,1-3H3. The van der Waals surface area contributed by atoms with Crippen LogP contribution in [0.15, 0.2) is 30.5 Å². The molecule has 0 fully saturated rings. The Bertz CT molecular complexity index is 672. The Morgan fingerprint density at radius 1 is 1.30 bits per heavy atom. The molecular formula is C16H17N3O. The molecule has 0 saturated carbocycles. The molecule has 2 rings (SSSR count). The lowest BCUT2D eigenvalue weighted by Crippen LogP contribution is -2.00. The fourth-order valence-corrected chi connectivity index (χ4v) is 1.93. The summed E-state index contributed by atoms with van der Waals surface area (Å²) in [6.07, 6.45) is 1.57. The van der Waals surface area contributed by atoms with Crippen LogP contribution < -0.4 is 10.5 Å². The van der Waals surface area contributed by atoms with Crippen LogP contribution in [0.2, 0.25) is 0 Å². The van der Waals surface area contributed by atoms with Crippen LogP contribution in [0.1, 0.15) is 36.6 Å². The Kier molecular flexibility index (Phi) is 3.90. The molecule has 1 heterocycles. The van der Waals surface area contributed by atoms with Crippen molar-refractivity contribution in [1.29, 1.82) is 5.26 Å². The van der Waals surface area contributed by atoms with Crippen LogP contribution in [0.25, 0.3) is 0 Å². The Balaban J connectivity index is 2.48. The second kappa shape index (κ2) is 5.62. The summed E-state index contributed by atoms with van der Waals surface area (Å²) in [6.45, 7) is 6.08. The van der Waals surface area contributed by atoms with Gasteiger partial charge in [0.1, 0.15) is 11.8 Å². The quantitative estimate of drug-likeness (QED) is 0.859. The van der Waals surface area contributed by atoms with Crippen LogP contribution in [-0.2, 0) is 0 Å². The number of benzene rings is 1. The first-order valence-electron chi connectivity index (χ1n) is 6.46. The van der Waals surface area contributed by atoms with E-state index in [4.69, 9.17) is 15.7 Å². The summed E-state index contributed by atoms with van der Waals surface area (Å²) in [5.74, 6) is 1.45. The van der Waals surface area contributed by atoms with Gasteiger partial charge in [-0.3, -0.25) is 0 Å². The van der Waals surface area contributed by atoms with Crippen molar-refractivity contribution >= 4 is 5.69 Å². The molecule has 4 heteroatoms. The molecule has 2 aromatic rings. The van der Waals surface area contributed by atoms with Crippen LogP contribution in [0.4, 0.5) is 5.69 Å². The van der Waals surface area contributed by atoms with Gasteiger partial charge in [0.2, 0.25) is 0 Å². The lowest BCUT2D eigenvalue weighted by molar-refractivity contribution is 0.469. The number of aromatic nitrogens is 1. The minimum atomic E-state index is 0.273. The summed E-state index contributed by atoms with van der Waals surface area (Å²) in [6, 6.07) is 9.34. The van der Waals surface area contributed by atoms with Gasteiger partial charge in [-0.05, 0) is 48.2 Å². The van der Waals surface area contributed by atoms with Gasteiger partial charge < -0.3 is 10.5 Å². The summed E-state index contributed by atoms with van der Waals surface area (Å²) in [5.41, 5.74) is 8.94. The second-order valence-corrected chi connectivity index (χ2v) is 4.97. The molecule has 0 bridgehead atoms. The minimum Gasteiger partial charge on any atom is -0.454 e. The highest BCUT2D eigenvalue weighted by Crippen LogP contribution is 2.34. The normalized spacial score (nSPS) is 10.3. The van der Waals surface area contributed by atoms with Gasteiger partial charge in [-0.2, -0.15) is 5.26 Å². The molecule has 0 amide bonds. The summed E-state index contributed by atoms with van der Waals surface area (Å²) in [4.78, 5) is 4.00. The van der Waals surface area contributed by atoms with Gasteiger partial charge in [-0.15, -0.1) is 0 Å². The topological polar surface area (TPSA) is 71.9 Å². The van der Waals surface area contributed by atoms with Crippen molar-refractivity contribution in [2.24, 2.45) is 0 Å². The fourth-order valence-electron chi connectivity index (χ4n) is 1.93. The van der Waals surface area contributed by atoms with Gasteiger partial charge in [0.05, 0.1) is 0 Å². The van der Waals surface area contributed by atoms with Gasteiger partial charge in [0.25, 0.3) is 0 Å². The molecule has 0 radical (unpaired) electrons. The molecule has 0 atom stereocenters. The third-order valence-electron chi connectivity index (χ3n) is 3.12. The Labute approximate surface area is 118 Å². The summed E-state index contributed by atoms with van der Waals surface area (Å²) >= 11 is 0.